The van der Waals surface area contributed by atoms with E-state index in [1.165, 1.54) is 24.3 Å². The van der Waals surface area contributed by atoms with Crippen molar-refractivity contribution in [2.24, 2.45) is 0 Å². The number of benzene rings is 1. The van der Waals surface area contributed by atoms with Crippen molar-refractivity contribution in [1.29, 1.82) is 0 Å². The summed E-state index contributed by atoms with van der Waals surface area (Å²) in [7, 11) is 0. The Hall–Kier alpha value is -2.23. The summed E-state index contributed by atoms with van der Waals surface area (Å²) in [4.78, 5) is 27.6. The summed E-state index contributed by atoms with van der Waals surface area (Å²) in [6.07, 6.45) is -0.351. The maximum atomic E-state index is 12.9. The standard InChI is InChI=1S/C19H27FN4O4/c1-13(25)24-8-2-7-23(9-10-24)11-17-18(26)16(12-28-17)22-19(27)21-15-5-3-14(20)4-6-15/h3-6,16-18,26H,2,7-12H2,1H3,(H2,21,22,27). The van der Waals surface area contributed by atoms with E-state index in [1.807, 2.05) is 4.90 Å². The number of amides is 3. The highest BCUT2D eigenvalue weighted by molar-refractivity contribution is 5.89. The van der Waals surface area contributed by atoms with Crippen LogP contribution in [0.5, 0.6) is 0 Å². The molecule has 2 aliphatic heterocycles. The van der Waals surface area contributed by atoms with E-state index < -0.39 is 24.3 Å². The Balaban J connectivity index is 1.46. The Morgan fingerprint density at radius 1 is 1.21 bits per heavy atom. The second-order valence-electron chi connectivity index (χ2n) is 7.23. The van der Waals surface area contributed by atoms with Crippen molar-refractivity contribution in [3.8, 4) is 0 Å². The molecule has 0 spiro atoms. The molecule has 3 amide bonds. The van der Waals surface area contributed by atoms with Gasteiger partial charge in [0.15, 0.2) is 0 Å². The average molecular weight is 394 g/mol. The normalized spacial score (nSPS) is 26.0. The summed E-state index contributed by atoms with van der Waals surface area (Å²) < 4.78 is 18.6. The first-order valence-electron chi connectivity index (χ1n) is 9.53. The summed E-state index contributed by atoms with van der Waals surface area (Å²) in [5, 5.41) is 15.8. The van der Waals surface area contributed by atoms with Crippen LogP contribution in [0.1, 0.15) is 13.3 Å². The number of halogens is 1. The molecule has 1 aromatic rings. The predicted octanol–water partition coefficient (Wildman–Crippen LogP) is 0.630. The number of urea groups is 1. The number of hydrogen-bond donors (Lipinski definition) is 3. The largest absolute Gasteiger partial charge is 0.388 e. The average Bonchev–Trinajstić information content (AvgIpc) is 2.85. The molecule has 3 atom stereocenters. The van der Waals surface area contributed by atoms with Gasteiger partial charge in [-0.1, -0.05) is 0 Å². The molecule has 0 bridgehead atoms. The number of nitrogens with one attached hydrogen (secondary N) is 2. The number of carbonyl (C=O) groups excluding carboxylic acids is 2. The first-order valence-corrected chi connectivity index (χ1v) is 9.53. The minimum atomic E-state index is -0.828. The number of anilines is 1. The fourth-order valence-electron chi connectivity index (χ4n) is 3.56. The lowest BCUT2D eigenvalue weighted by molar-refractivity contribution is -0.128. The lowest BCUT2D eigenvalue weighted by atomic mass is 10.1. The van der Waals surface area contributed by atoms with Gasteiger partial charge in [-0.2, -0.15) is 0 Å². The zero-order valence-corrected chi connectivity index (χ0v) is 15.9. The number of hydrogen-bond acceptors (Lipinski definition) is 5. The SMILES string of the molecule is CC(=O)N1CCCN(CC2OCC(NC(=O)Nc3ccc(F)cc3)C2O)CC1. The van der Waals surface area contributed by atoms with Crippen LogP contribution < -0.4 is 10.6 Å². The van der Waals surface area contributed by atoms with Crippen molar-refractivity contribution in [1.82, 2.24) is 15.1 Å². The first-order chi connectivity index (χ1) is 13.4. The molecule has 3 N–H and O–H groups in total. The molecule has 9 heteroatoms. The molecule has 0 aromatic heterocycles. The Morgan fingerprint density at radius 3 is 2.68 bits per heavy atom. The summed E-state index contributed by atoms with van der Waals surface area (Å²) in [5.74, 6) is -0.302. The van der Waals surface area contributed by atoms with Crippen LogP contribution in [-0.4, -0.2) is 84.4 Å². The summed E-state index contributed by atoms with van der Waals surface area (Å²) in [6.45, 7) is 5.32. The highest BCUT2D eigenvalue weighted by Gasteiger charge is 2.38. The van der Waals surface area contributed by atoms with E-state index in [9.17, 15) is 19.1 Å². The van der Waals surface area contributed by atoms with Gasteiger partial charge in [0.25, 0.3) is 0 Å². The fraction of sp³-hybridized carbons (Fsp3) is 0.579. The lowest BCUT2D eigenvalue weighted by Crippen LogP contribution is -2.48. The van der Waals surface area contributed by atoms with Crippen molar-refractivity contribution in [2.75, 3.05) is 44.6 Å². The molecule has 2 heterocycles. The van der Waals surface area contributed by atoms with Crippen molar-refractivity contribution < 1.29 is 23.8 Å². The molecule has 8 nitrogen and oxygen atoms in total. The fourth-order valence-corrected chi connectivity index (χ4v) is 3.56. The molecule has 1 aromatic carbocycles. The molecular formula is C19H27FN4O4. The molecule has 2 fully saturated rings. The molecule has 0 saturated carbocycles. The number of rotatable bonds is 4. The second-order valence-corrected chi connectivity index (χ2v) is 7.23. The highest BCUT2D eigenvalue weighted by atomic mass is 19.1. The third kappa shape index (κ3) is 5.40. The molecular weight excluding hydrogens is 367 g/mol. The van der Waals surface area contributed by atoms with Crippen LogP contribution in [0.15, 0.2) is 24.3 Å². The zero-order chi connectivity index (χ0) is 20.1. The summed E-state index contributed by atoms with van der Waals surface area (Å²) >= 11 is 0. The Kier molecular flexibility index (Phi) is 6.82. The summed E-state index contributed by atoms with van der Waals surface area (Å²) in [5.41, 5.74) is 0.462. The van der Waals surface area contributed by atoms with Crippen LogP contribution in [0.3, 0.4) is 0 Å². The van der Waals surface area contributed by atoms with Gasteiger partial charge >= 0.3 is 6.03 Å². The van der Waals surface area contributed by atoms with Crippen molar-refractivity contribution in [3.05, 3.63) is 30.1 Å². The van der Waals surface area contributed by atoms with E-state index in [0.29, 0.717) is 18.8 Å². The number of aliphatic hydroxyl groups is 1. The van der Waals surface area contributed by atoms with Crippen LogP contribution in [0.25, 0.3) is 0 Å². The van der Waals surface area contributed by atoms with Gasteiger partial charge in [-0.15, -0.1) is 0 Å². The van der Waals surface area contributed by atoms with Gasteiger partial charge in [0, 0.05) is 38.8 Å². The van der Waals surface area contributed by atoms with Gasteiger partial charge < -0.3 is 25.4 Å². The number of carbonyl (C=O) groups is 2. The predicted molar refractivity (Wildman–Crippen MR) is 101 cm³/mol. The number of nitrogens with zero attached hydrogens (tertiary/aromatic N) is 2. The minimum absolute atomic E-state index is 0.0791. The van der Waals surface area contributed by atoms with Gasteiger partial charge in [-0.05, 0) is 37.2 Å². The zero-order valence-electron chi connectivity index (χ0n) is 15.9. The van der Waals surface area contributed by atoms with Crippen molar-refractivity contribution in [3.63, 3.8) is 0 Å². The van der Waals surface area contributed by atoms with E-state index in [0.717, 1.165) is 26.1 Å². The maximum absolute atomic E-state index is 12.9. The lowest BCUT2D eigenvalue weighted by Gasteiger charge is -2.26. The monoisotopic (exact) mass is 394 g/mol. The number of ether oxygens (including phenoxy) is 1. The molecule has 0 aliphatic carbocycles. The number of aliphatic hydroxyl groups excluding tert-OH is 1. The first kappa shape index (κ1) is 20.5. The van der Waals surface area contributed by atoms with E-state index in [1.54, 1.807) is 6.92 Å². The quantitative estimate of drug-likeness (QED) is 0.697. The smallest absolute Gasteiger partial charge is 0.319 e. The third-order valence-electron chi connectivity index (χ3n) is 5.17. The van der Waals surface area contributed by atoms with E-state index in [4.69, 9.17) is 4.74 Å². The van der Waals surface area contributed by atoms with Crippen LogP contribution in [0.2, 0.25) is 0 Å². The van der Waals surface area contributed by atoms with E-state index >= 15 is 0 Å². The molecule has 154 valence electrons. The van der Waals surface area contributed by atoms with Crippen molar-refractivity contribution in [2.45, 2.75) is 31.6 Å². The van der Waals surface area contributed by atoms with Gasteiger partial charge in [0.05, 0.1) is 18.8 Å². The van der Waals surface area contributed by atoms with Gasteiger partial charge in [-0.3, -0.25) is 9.69 Å². The van der Waals surface area contributed by atoms with Crippen molar-refractivity contribution >= 4 is 17.6 Å². The Labute approximate surface area is 163 Å². The van der Waals surface area contributed by atoms with Crippen LogP contribution in [-0.2, 0) is 9.53 Å². The van der Waals surface area contributed by atoms with E-state index in [-0.39, 0.29) is 18.3 Å². The molecule has 0 radical (unpaired) electrons. The van der Waals surface area contributed by atoms with E-state index in [2.05, 4.69) is 15.5 Å². The highest BCUT2D eigenvalue weighted by Crippen LogP contribution is 2.17. The third-order valence-corrected chi connectivity index (χ3v) is 5.17. The molecule has 3 rings (SSSR count). The van der Waals surface area contributed by atoms with Crippen LogP contribution in [0.4, 0.5) is 14.9 Å². The second kappa shape index (κ2) is 9.31. The Morgan fingerprint density at radius 2 is 1.96 bits per heavy atom. The molecule has 2 saturated heterocycles. The van der Waals surface area contributed by atoms with Gasteiger partial charge in [0.2, 0.25) is 5.91 Å². The van der Waals surface area contributed by atoms with Gasteiger partial charge in [0.1, 0.15) is 11.9 Å². The maximum Gasteiger partial charge on any atom is 0.319 e. The van der Waals surface area contributed by atoms with Crippen LogP contribution >= 0.6 is 0 Å². The molecule has 28 heavy (non-hydrogen) atoms. The Bertz CT molecular complexity index is 687. The molecule has 3 unspecified atom stereocenters. The van der Waals surface area contributed by atoms with Gasteiger partial charge in [-0.25, -0.2) is 9.18 Å². The minimum Gasteiger partial charge on any atom is -0.388 e. The molecule has 2 aliphatic rings. The summed E-state index contributed by atoms with van der Waals surface area (Å²) in [6, 6.07) is 4.44. The van der Waals surface area contributed by atoms with Crippen LogP contribution in [0, 0.1) is 5.82 Å². The topological polar surface area (TPSA) is 94.1 Å².